The van der Waals surface area contributed by atoms with Crippen LogP contribution in [0, 0.1) is 5.82 Å². The minimum atomic E-state index is -1.35. The van der Waals surface area contributed by atoms with Gasteiger partial charge in [0.25, 0.3) is 5.91 Å². The first-order chi connectivity index (χ1) is 16.2. The molecule has 0 saturated carbocycles. The molecule has 4 rings (SSSR count). The molecule has 1 aromatic heterocycles. The number of alkyl halides is 1. The second-order valence-electron chi connectivity index (χ2n) is 8.27. The number of carbonyl (C=O) groups is 3. The molecule has 0 spiro atoms. The molecule has 1 fully saturated rings. The van der Waals surface area contributed by atoms with Crippen molar-refractivity contribution in [3.8, 4) is 0 Å². The second-order valence-corrected chi connectivity index (χ2v) is 9.11. The fourth-order valence-corrected chi connectivity index (χ4v) is 4.72. The van der Waals surface area contributed by atoms with Gasteiger partial charge in [0, 0.05) is 29.4 Å². The molecule has 3 aromatic rings. The summed E-state index contributed by atoms with van der Waals surface area (Å²) < 4.78 is 29.9. The Morgan fingerprint density at radius 1 is 1.15 bits per heavy atom. The summed E-state index contributed by atoms with van der Waals surface area (Å²) in [4.78, 5) is 39.0. The van der Waals surface area contributed by atoms with Gasteiger partial charge < -0.3 is 15.2 Å². The molecule has 2 atom stereocenters. The number of Topliss-reactive ketones (excluding diaryl/α,β-unsaturated/α-hetero) is 1. The molecule has 6 nitrogen and oxygen atoms in total. The summed E-state index contributed by atoms with van der Waals surface area (Å²) >= 11 is 11.9. The highest BCUT2D eigenvalue weighted by Gasteiger charge is 2.39. The van der Waals surface area contributed by atoms with Gasteiger partial charge in [-0.05, 0) is 30.2 Å². The van der Waals surface area contributed by atoms with Crippen LogP contribution in [0.25, 0.3) is 10.9 Å². The number of aryl methyl sites for hydroxylation is 1. The molecule has 2 amide bonds. The van der Waals surface area contributed by atoms with E-state index in [0.29, 0.717) is 15.9 Å². The predicted octanol–water partition coefficient (Wildman–Crippen LogP) is 4.33. The third-order valence-corrected chi connectivity index (χ3v) is 6.56. The largest absolute Gasteiger partial charge is 0.366 e. The summed E-state index contributed by atoms with van der Waals surface area (Å²) in [6.45, 7) is -0.451. The minimum absolute atomic E-state index is 0.0409. The van der Waals surface area contributed by atoms with Gasteiger partial charge >= 0.3 is 0 Å². The van der Waals surface area contributed by atoms with Gasteiger partial charge in [-0.1, -0.05) is 41.4 Å². The third-order valence-electron chi connectivity index (χ3n) is 6.03. The number of nitrogens with zero attached hydrogens (tertiary/aromatic N) is 2. The number of fused-ring (bicyclic) bond motifs is 1. The Labute approximate surface area is 204 Å². The van der Waals surface area contributed by atoms with Crippen molar-refractivity contribution < 1.29 is 23.2 Å². The van der Waals surface area contributed by atoms with E-state index in [9.17, 15) is 23.2 Å². The van der Waals surface area contributed by atoms with Crippen LogP contribution in [0.3, 0.4) is 0 Å². The first kappa shape index (κ1) is 24.2. The van der Waals surface area contributed by atoms with E-state index in [-0.39, 0.29) is 54.3 Å². The first-order valence-corrected chi connectivity index (χ1v) is 11.4. The van der Waals surface area contributed by atoms with E-state index in [0.717, 1.165) is 0 Å². The van der Waals surface area contributed by atoms with Gasteiger partial charge in [0.1, 0.15) is 18.5 Å². The average Bonchev–Trinajstić information content (AvgIpc) is 3.35. The lowest BCUT2D eigenvalue weighted by molar-refractivity contribution is -0.138. The summed E-state index contributed by atoms with van der Waals surface area (Å²) in [5.41, 5.74) is 6.48. The Morgan fingerprint density at radius 3 is 2.65 bits per heavy atom. The molecule has 1 aliphatic rings. The Bertz CT molecular complexity index is 1290. The number of carbonyl (C=O) groups excluding carboxylic acids is 3. The summed E-state index contributed by atoms with van der Waals surface area (Å²) in [6.07, 6.45) is 0.00405. The van der Waals surface area contributed by atoms with Crippen molar-refractivity contribution in [1.29, 1.82) is 0 Å². The molecule has 10 heteroatoms. The van der Waals surface area contributed by atoms with E-state index >= 15 is 0 Å². The van der Waals surface area contributed by atoms with E-state index in [2.05, 4.69) is 0 Å². The minimum Gasteiger partial charge on any atom is -0.366 e. The van der Waals surface area contributed by atoms with Crippen molar-refractivity contribution in [1.82, 2.24) is 9.47 Å². The number of hydrogen-bond acceptors (Lipinski definition) is 3. The quantitative estimate of drug-likeness (QED) is 0.516. The van der Waals surface area contributed by atoms with Gasteiger partial charge in [-0.2, -0.15) is 0 Å². The molecule has 2 aromatic carbocycles. The SMILES string of the molecule is NC(=O)c1cn(CC(=O)N2C[C@H](F)C[C@H]2C(=O)CCc2cccc(Cl)c2F)c2cc(Cl)ccc12. The standard InChI is InChI=1S/C24H21Cl2F2N3O3/c25-14-5-6-16-17(24(29)34)11-30(19(16)8-14)12-22(33)31-10-15(27)9-20(31)21(32)7-4-13-2-1-3-18(26)23(13)28/h1-3,5-6,8,11,15,20H,4,7,9-10,12H2,(H2,29,34)/t15-,20+/m1/s1. The summed E-state index contributed by atoms with van der Waals surface area (Å²) in [5, 5.41) is 0.896. The summed E-state index contributed by atoms with van der Waals surface area (Å²) in [7, 11) is 0. The number of nitrogens with two attached hydrogens (primary N) is 1. The van der Waals surface area contributed by atoms with E-state index < -0.39 is 29.8 Å². The van der Waals surface area contributed by atoms with E-state index in [4.69, 9.17) is 28.9 Å². The van der Waals surface area contributed by atoms with Crippen LogP contribution in [0.5, 0.6) is 0 Å². The molecule has 1 aliphatic heterocycles. The number of rotatable bonds is 7. The highest BCUT2D eigenvalue weighted by Crippen LogP contribution is 2.27. The van der Waals surface area contributed by atoms with Crippen molar-refractivity contribution in [3.05, 3.63) is 69.6 Å². The van der Waals surface area contributed by atoms with Crippen LogP contribution in [0.1, 0.15) is 28.8 Å². The van der Waals surface area contributed by atoms with Crippen LogP contribution >= 0.6 is 23.2 Å². The maximum Gasteiger partial charge on any atom is 0.250 e. The van der Waals surface area contributed by atoms with Crippen molar-refractivity contribution in [3.63, 3.8) is 0 Å². The zero-order valence-electron chi connectivity index (χ0n) is 17.9. The molecular weight excluding hydrogens is 487 g/mol. The second kappa shape index (κ2) is 9.72. The van der Waals surface area contributed by atoms with E-state index in [1.165, 1.54) is 27.8 Å². The van der Waals surface area contributed by atoms with Crippen LogP contribution in [-0.4, -0.2) is 45.8 Å². The molecule has 0 radical (unpaired) electrons. The lowest BCUT2D eigenvalue weighted by atomic mass is 10.0. The average molecular weight is 508 g/mol. The fraction of sp³-hybridized carbons (Fsp3) is 0.292. The lowest BCUT2D eigenvalue weighted by Gasteiger charge is -2.24. The summed E-state index contributed by atoms with van der Waals surface area (Å²) in [5.74, 6) is -2.10. The third kappa shape index (κ3) is 4.79. The normalized spacial score (nSPS) is 17.9. The molecule has 0 bridgehead atoms. The van der Waals surface area contributed by atoms with Gasteiger partial charge in [0.15, 0.2) is 5.78 Å². The molecule has 0 unspecified atom stereocenters. The van der Waals surface area contributed by atoms with Gasteiger partial charge in [-0.25, -0.2) is 8.78 Å². The van der Waals surface area contributed by atoms with Crippen molar-refractivity contribution >= 4 is 51.7 Å². The van der Waals surface area contributed by atoms with Gasteiger partial charge in [0.05, 0.1) is 28.7 Å². The molecule has 2 heterocycles. The zero-order valence-corrected chi connectivity index (χ0v) is 19.5. The number of likely N-dealkylation sites (tertiary alicyclic amines) is 1. The van der Waals surface area contributed by atoms with Gasteiger partial charge in [-0.3, -0.25) is 14.4 Å². The van der Waals surface area contributed by atoms with Gasteiger partial charge in [0.2, 0.25) is 5.91 Å². The first-order valence-electron chi connectivity index (χ1n) is 10.6. The number of benzene rings is 2. The van der Waals surface area contributed by atoms with Gasteiger partial charge in [-0.15, -0.1) is 0 Å². The number of primary amides is 1. The molecule has 0 aliphatic carbocycles. The van der Waals surface area contributed by atoms with Crippen molar-refractivity contribution in [2.24, 2.45) is 5.73 Å². The fourth-order valence-electron chi connectivity index (χ4n) is 4.36. The highest BCUT2D eigenvalue weighted by molar-refractivity contribution is 6.31. The number of aromatic nitrogens is 1. The number of ketones is 1. The van der Waals surface area contributed by atoms with Crippen molar-refractivity contribution in [2.75, 3.05) is 6.54 Å². The van der Waals surface area contributed by atoms with Crippen LogP contribution in [0.4, 0.5) is 8.78 Å². The van der Waals surface area contributed by atoms with E-state index in [1.807, 2.05) is 0 Å². The molecule has 1 saturated heterocycles. The van der Waals surface area contributed by atoms with Crippen LogP contribution in [-0.2, 0) is 22.6 Å². The number of halogens is 4. The van der Waals surface area contributed by atoms with Crippen LogP contribution in [0.15, 0.2) is 42.6 Å². The van der Waals surface area contributed by atoms with Crippen LogP contribution < -0.4 is 5.73 Å². The maximum absolute atomic E-state index is 14.3. The monoisotopic (exact) mass is 507 g/mol. The Morgan fingerprint density at radius 2 is 1.91 bits per heavy atom. The smallest absolute Gasteiger partial charge is 0.250 e. The molecule has 178 valence electrons. The molecule has 34 heavy (non-hydrogen) atoms. The Kier molecular flexibility index (Phi) is 6.91. The Hall–Kier alpha value is -2.97. The van der Waals surface area contributed by atoms with Crippen molar-refractivity contribution in [2.45, 2.75) is 38.0 Å². The highest BCUT2D eigenvalue weighted by atomic mass is 35.5. The summed E-state index contributed by atoms with van der Waals surface area (Å²) in [6, 6.07) is 8.41. The van der Waals surface area contributed by atoms with E-state index in [1.54, 1.807) is 24.3 Å². The lowest BCUT2D eigenvalue weighted by Crippen LogP contribution is -2.42. The molecular formula is C24H21Cl2F2N3O3. The number of amides is 2. The topological polar surface area (TPSA) is 85.4 Å². The predicted molar refractivity (Wildman–Crippen MR) is 125 cm³/mol. The molecule has 2 N–H and O–H groups in total. The zero-order chi connectivity index (χ0) is 24.6. The number of hydrogen-bond donors (Lipinski definition) is 1. The maximum atomic E-state index is 14.3. The Balaban J connectivity index is 1.52. The van der Waals surface area contributed by atoms with Crippen LogP contribution in [0.2, 0.25) is 10.0 Å².